The van der Waals surface area contributed by atoms with E-state index >= 15 is 0 Å². The Morgan fingerprint density at radius 1 is 1.14 bits per heavy atom. The molecule has 0 aliphatic carbocycles. The molecule has 3 nitrogen and oxygen atoms in total. The molecule has 3 aromatic rings. The lowest BCUT2D eigenvalue weighted by Gasteiger charge is -2.14. The number of hydrogen-bond acceptors (Lipinski definition) is 3. The van der Waals surface area contributed by atoms with Gasteiger partial charge in [0.1, 0.15) is 6.61 Å². The SMILES string of the molecule is COc1cc(/C=C(/C#N)c2ccc(C)cc2)cc(Br)c1OCc1ccccc1Cl. The lowest BCUT2D eigenvalue weighted by Crippen LogP contribution is -1.99. The van der Waals surface area contributed by atoms with E-state index in [4.69, 9.17) is 21.1 Å². The van der Waals surface area contributed by atoms with E-state index in [-0.39, 0.29) is 0 Å². The van der Waals surface area contributed by atoms with E-state index in [1.807, 2.05) is 73.7 Å². The zero-order valence-corrected chi connectivity index (χ0v) is 18.4. The molecule has 0 heterocycles. The van der Waals surface area contributed by atoms with Crippen LogP contribution in [0, 0.1) is 18.3 Å². The highest BCUT2D eigenvalue weighted by Crippen LogP contribution is 2.38. The van der Waals surface area contributed by atoms with Gasteiger partial charge in [-0.25, -0.2) is 0 Å². The van der Waals surface area contributed by atoms with E-state index in [0.717, 1.165) is 26.7 Å². The lowest BCUT2D eigenvalue weighted by atomic mass is 10.0. The van der Waals surface area contributed by atoms with Crippen molar-refractivity contribution in [2.24, 2.45) is 0 Å². The van der Waals surface area contributed by atoms with Crippen molar-refractivity contribution in [3.8, 4) is 17.6 Å². The van der Waals surface area contributed by atoms with Crippen molar-refractivity contribution in [2.75, 3.05) is 7.11 Å². The topological polar surface area (TPSA) is 42.2 Å². The highest BCUT2D eigenvalue weighted by atomic mass is 79.9. The number of hydrogen-bond donors (Lipinski definition) is 0. The molecule has 0 amide bonds. The van der Waals surface area contributed by atoms with Crippen LogP contribution in [0.1, 0.15) is 22.3 Å². The third-order valence-corrected chi connectivity index (χ3v) is 5.33. The normalized spacial score (nSPS) is 11.1. The minimum absolute atomic E-state index is 0.316. The molecule has 5 heteroatoms. The van der Waals surface area contributed by atoms with Gasteiger partial charge in [0.15, 0.2) is 11.5 Å². The molecular weight excluding hydrogens is 450 g/mol. The van der Waals surface area contributed by atoms with E-state index in [0.29, 0.717) is 28.7 Å². The van der Waals surface area contributed by atoms with Crippen LogP contribution in [0.3, 0.4) is 0 Å². The number of aryl methyl sites for hydroxylation is 1. The Morgan fingerprint density at radius 2 is 1.86 bits per heavy atom. The van der Waals surface area contributed by atoms with Crippen LogP contribution in [-0.2, 0) is 6.61 Å². The Kier molecular flexibility index (Phi) is 6.98. The molecule has 0 unspecified atom stereocenters. The number of nitrogens with zero attached hydrogens (tertiary/aromatic N) is 1. The first kappa shape index (κ1) is 21.0. The van der Waals surface area contributed by atoms with E-state index in [1.54, 1.807) is 7.11 Å². The van der Waals surface area contributed by atoms with Crippen molar-refractivity contribution < 1.29 is 9.47 Å². The molecule has 0 saturated carbocycles. The smallest absolute Gasteiger partial charge is 0.175 e. The first-order valence-electron chi connectivity index (χ1n) is 8.94. The van der Waals surface area contributed by atoms with Gasteiger partial charge < -0.3 is 9.47 Å². The molecule has 29 heavy (non-hydrogen) atoms. The summed E-state index contributed by atoms with van der Waals surface area (Å²) in [6, 6.07) is 21.4. The predicted octanol–water partition coefficient (Wildman–Crippen LogP) is 7.06. The van der Waals surface area contributed by atoms with Crippen molar-refractivity contribution >= 4 is 39.2 Å². The largest absolute Gasteiger partial charge is 0.493 e. The standard InChI is InChI=1S/C24H19BrClNO2/c1-16-7-9-18(10-8-16)20(14-27)11-17-12-21(25)24(23(13-17)28-2)29-15-19-5-3-4-6-22(19)26/h3-13H,15H2,1-2H3/b20-11-. The van der Waals surface area contributed by atoms with Crippen molar-refractivity contribution in [1.29, 1.82) is 5.26 Å². The fraction of sp³-hybridized carbons (Fsp3) is 0.125. The summed E-state index contributed by atoms with van der Waals surface area (Å²) in [5, 5.41) is 10.3. The molecule has 146 valence electrons. The van der Waals surface area contributed by atoms with Gasteiger partial charge in [0, 0.05) is 10.6 Å². The number of ether oxygens (including phenoxy) is 2. The van der Waals surface area contributed by atoms with Gasteiger partial charge in [-0.15, -0.1) is 0 Å². The van der Waals surface area contributed by atoms with Crippen LogP contribution >= 0.6 is 27.5 Å². The van der Waals surface area contributed by atoms with Crippen LogP contribution in [-0.4, -0.2) is 7.11 Å². The van der Waals surface area contributed by atoms with Gasteiger partial charge in [-0.05, 0) is 58.3 Å². The van der Waals surface area contributed by atoms with E-state index in [1.165, 1.54) is 0 Å². The van der Waals surface area contributed by atoms with Crippen molar-refractivity contribution in [2.45, 2.75) is 13.5 Å². The second kappa shape index (κ2) is 9.65. The van der Waals surface area contributed by atoms with Gasteiger partial charge in [-0.2, -0.15) is 5.26 Å². The second-order valence-electron chi connectivity index (χ2n) is 6.45. The van der Waals surface area contributed by atoms with Gasteiger partial charge in [0.2, 0.25) is 0 Å². The average molecular weight is 469 g/mol. The second-order valence-corrected chi connectivity index (χ2v) is 7.71. The number of methoxy groups -OCH3 is 1. The van der Waals surface area contributed by atoms with Crippen LogP contribution in [0.2, 0.25) is 5.02 Å². The van der Waals surface area contributed by atoms with Crippen LogP contribution in [0.4, 0.5) is 0 Å². The summed E-state index contributed by atoms with van der Waals surface area (Å²) in [6.45, 7) is 2.33. The monoisotopic (exact) mass is 467 g/mol. The van der Waals surface area contributed by atoms with Crippen LogP contribution in [0.5, 0.6) is 11.5 Å². The van der Waals surface area contributed by atoms with Crippen molar-refractivity contribution in [1.82, 2.24) is 0 Å². The van der Waals surface area contributed by atoms with Crippen molar-refractivity contribution in [3.63, 3.8) is 0 Å². The minimum atomic E-state index is 0.316. The molecule has 0 N–H and O–H groups in total. The maximum Gasteiger partial charge on any atom is 0.175 e. The summed E-state index contributed by atoms with van der Waals surface area (Å²) in [5.74, 6) is 1.15. The molecule has 0 aliphatic heterocycles. The van der Waals surface area contributed by atoms with E-state index in [9.17, 15) is 5.26 Å². The Hall–Kier alpha value is -2.74. The summed E-state index contributed by atoms with van der Waals surface area (Å²) in [4.78, 5) is 0. The van der Waals surface area contributed by atoms with Gasteiger partial charge in [-0.1, -0.05) is 59.6 Å². The summed E-state index contributed by atoms with van der Waals surface area (Å²) < 4.78 is 12.2. The highest BCUT2D eigenvalue weighted by molar-refractivity contribution is 9.10. The molecule has 0 atom stereocenters. The summed E-state index contributed by atoms with van der Waals surface area (Å²) in [7, 11) is 1.59. The maximum absolute atomic E-state index is 9.60. The quantitative estimate of drug-likeness (QED) is 0.287. The third-order valence-electron chi connectivity index (χ3n) is 4.38. The van der Waals surface area contributed by atoms with E-state index in [2.05, 4.69) is 22.0 Å². The first-order chi connectivity index (χ1) is 14.0. The van der Waals surface area contributed by atoms with Crippen LogP contribution < -0.4 is 9.47 Å². The number of allylic oxidation sites excluding steroid dienone is 1. The fourth-order valence-electron chi connectivity index (χ4n) is 2.81. The van der Waals surface area contributed by atoms with Gasteiger partial charge in [-0.3, -0.25) is 0 Å². The minimum Gasteiger partial charge on any atom is -0.493 e. The molecule has 0 bridgehead atoms. The molecule has 0 aliphatic rings. The molecule has 3 aromatic carbocycles. The molecule has 0 radical (unpaired) electrons. The van der Waals surface area contributed by atoms with Gasteiger partial charge in [0.25, 0.3) is 0 Å². The molecule has 3 rings (SSSR count). The van der Waals surface area contributed by atoms with Crippen molar-refractivity contribution in [3.05, 3.63) is 92.4 Å². The molecule has 0 fully saturated rings. The average Bonchev–Trinajstić information content (AvgIpc) is 2.72. The molecule has 0 saturated heterocycles. The summed E-state index contributed by atoms with van der Waals surface area (Å²) in [6.07, 6.45) is 1.83. The Bertz CT molecular complexity index is 1090. The van der Waals surface area contributed by atoms with E-state index < -0.39 is 0 Å². The third kappa shape index (κ3) is 5.20. The maximum atomic E-state index is 9.60. The number of halogens is 2. The summed E-state index contributed by atoms with van der Waals surface area (Å²) >= 11 is 9.77. The summed E-state index contributed by atoms with van der Waals surface area (Å²) in [5.41, 5.74) is 4.31. The van der Waals surface area contributed by atoms with Crippen LogP contribution in [0.25, 0.3) is 11.6 Å². The lowest BCUT2D eigenvalue weighted by molar-refractivity contribution is 0.282. The molecule has 0 aromatic heterocycles. The number of rotatable bonds is 6. The zero-order valence-electron chi connectivity index (χ0n) is 16.1. The Labute approximate surface area is 184 Å². The highest BCUT2D eigenvalue weighted by Gasteiger charge is 2.13. The number of nitriles is 1. The van der Waals surface area contributed by atoms with Crippen LogP contribution in [0.15, 0.2) is 65.1 Å². The molecular formula is C24H19BrClNO2. The first-order valence-corrected chi connectivity index (χ1v) is 10.1. The van der Waals surface area contributed by atoms with Gasteiger partial charge >= 0.3 is 0 Å². The zero-order chi connectivity index (χ0) is 20.8. The fourth-order valence-corrected chi connectivity index (χ4v) is 3.57. The molecule has 0 spiro atoms. The Balaban J connectivity index is 1.90. The Morgan fingerprint density at radius 3 is 2.52 bits per heavy atom. The number of benzene rings is 3. The predicted molar refractivity (Wildman–Crippen MR) is 121 cm³/mol. The van der Waals surface area contributed by atoms with Gasteiger partial charge in [0.05, 0.1) is 23.2 Å².